The summed E-state index contributed by atoms with van der Waals surface area (Å²) in [7, 11) is 0. The van der Waals surface area contributed by atoms with E-state index in [9.17, 15) is 4.79 Å². The summed E-state index contributed by atoms with van der Waals surface area (Å²) < 4.78 is 5.23. The second-order valence-corrected chi connectivity index (χ2v) is 5.47. The van der Waals surface area contributed by atoms with Crippen LogP contribution in [0.5, 0.6) is 0 Å². The number of hydrogen-bond acceptors (Lipinski definition) is 3. The lowest BCUT2D eigenvalue weighted by Gasteiger charge is -2.24. The van der Waals surface area contributed by atoms with Crippen LogP contribution in [0.1, 0.15) is 54.4 Å². The standard InChI is InChI=1S/C13H28N2O2/c1-7-10(3)14-9-11(8-2)15-12(16)17-13(4,5)6/h10-11,14H,7-9H2,1-6H3,(H,15,16). The third-order valence-corrected chi connectivity index (χ3v) is 2.54. The zero-order valence-corrected chi connectivity index (χ0v) is 12.1. The van der Waals surface area contributed by atoms with Crippen LogP contribution in [0.25, 0.3) is 0 Å². The van der Waals surface area contributed by atoms with Gasteiger partial charge < -0.3 is 15.4 Å². The Labute approximate surface area is 105 Å². The normalized spacial score (nSPS) is 15.2. The predicted molar refractivity (Wildman–Crippen MR) is 71.2 cm³/mol. The van der Waals surface area contributed by atoms with Gasteiger partial charge in [0.25, 0.3) is 0 Å². The highest BCUT2D eigenvalue weighted by atomic mass is 16.6. The van der Waals surface area contributed by atoms with E-state index in [1.807, 2.05) is 20.8 Å². The molecule has 0 saturated carbocycles. The molecule has 0 aliphatic heterocycles. The summed E-state index contributed by atoms with van der Waals surface area (Å²) in [6, 6.07) is 0.600. The van der Waals surface area contributed by atoms with E-state index in [4.69, 9.17) is 4.74 Å². The van der Waals surface area contributed by atoms with Gasteiger partial charge in [-0.15, -0.1) is 0 Å². The number of alkyl carbamates (subject to hydrolysis) is 1. The van der Waals surface area contributed by atoms with E-state index in [-0.39, 0.29) is 12.1 Å². The highest BCUT2D eigenvalue weighted by molar-refractivity contribution is 5.68. The molecule has 0 aliphatic carbocycles. The molecule has 0 aromatic rings. The summed E-state index contributed by atoms with van der Waals surface area (Å²) in [6.07, 6.45) is 1.64. The molecule has 0 saturated heterocycles. The summed E-state index contributed by atoms with van der Waals surface area (Å²) in [4.78, 5) is 11.6. The number of carbonyl (C=O) groups excluding carboxylic acids is 1. The van der Waals surface area contributed by atoms with Crippen molar-refractivity contribution in [3.63, 3.8) is 0 Å². The molecule has 0 spiro atoms. The Morgan fingerprint density at radius 2 is 1.82 bits per heavy atom. The molecule has 2 unspecified atom stereocenters. The second-order valence-electron chi connectivity index (χ2n) is 5.47. The van der Waals surface area contributed by atoms with Crippen molar-refractivity contribution in [2.24, 2.45) is 0 Å². The molecule has 4 nitrogen and oxygen atoms in total. The zero-order valence-electron chi connectivity index (χ0n) is 12.1. The monoisotopic (exact) mass is 244 g/mol. The molecule has 0 heterocycles. The minimum atomic E-state index is -0.438. The minimum absolute atomic E-state index is 0.124. The highest BCUT2D eigenvalue weighted by Gasteiger charge is 2.18. The van der Waals surface area contributed by atoms with Crippen LogP contribution in [0, 0.1) is 0 Å². The lowest BCUT2D eigenvalue weighted by molar-refractivity contribution is 0.0502. The SMILES string of the molecule is CCC(C)NCC(CC)NC(=O)OC(C)(C)C. The van der Waals surface area contributed by atoms with Gasteiger partial charge in [0.15, 0.2) is 0 Å². The Bertz CT molecular complexity index is 224. The van der Waals surface area contributed by atoms with Crippen LogP contribution in [0.4, 0.5) is 4.79 Å². The maximum Gasteiger partial charge on any atom is 0.407 e. The molecule has 0 bridgehead atoms. The van der Waals surface area contributed by atoms with Crippen molar-refractivity contribution in [1.82, 2.24) is 10.6 Å². The van der Waals surface area contributed by atoms with E-state index in [1.54, 1.807) is 0 Å². The summed E-state index contributed by atoms with van der Waals surface area (Å²) in [5.41, 5.74) is -0.438. The first-order chi connectivity index (χ1) is 7.78. The number of ether oxygens (including phenoxy) is 1. The van der Waals surface area contributed by atoms with Crippen LogP contribution in [-0.4, -0.2) is 30.3 Å². The minimum Gasteiger partial charge on any atom is -0.444 e. The van der Waals surface area contributed by atoms with E-state index in [0.29, 0.717) is 6.04 Å². The molecule has 2 N–H and O–H groups in total. The molecule has 102 valence electrons. The number of rotatable bonds is 6. The fraction of sp³-hybridized carbons (Fsp3) is 0.923. The molecule has 0 radical (unpaired) electrons. The van der Waals surface area contributed by atoms with E-state index in [0.717, 1.165) is 19.4 Å². The van der Waals surface area contributed by atoms with Crippen LogP contribution in [0.2, 0.25) is 0 Å². The van der Waals surface area contributed by atoms with Gasteiger partial charge in [0.2, 0.25) is 0 Å². The Morgan fingerprint density at radius 1 is 1.24 bits per heavy atom. The van der Waals surface area contributed by atoms with Gasteiger partial charge in [-0.05, 0) is 40.5 Å². The summed E-state index contributed by atoms with van der Waals surface area (Å²) in [5.74, 6) is 0. The summed E-state index contributed by atoms with van der Waals surface area (Å²) >= 11 is 0. The van der Waals surface area contributed by atoms with Crippen molar-refractivity contribution in [2.75, 3.05) is 6.54 Å². The maximum absolute atomic E-state index is 11.6. The fourth-order valence-corrected chi connectivity index (χ4v) is 1.26. The number of carbonyl (C=O) groups is 1. The average molecular weight is 244 g/mol. The maximum atomic E-state index is 11.6. The summed E-state index contributed by atoms with van der Waals surface area (Å²) in [6.45, 7) is 12.7. The lowest BCUT2D eigenvalue weighted by Crippen LogP contribution is -2.45. The lowest BCUT2D eigenvalue weighted by atomic mass is 10.2. The molecular formula is C13H28N2O2. The first-order valence-corrected chi connectivity index (χ1v) is 6.51. The quantitative estimate of drug-likeness (QED) is 0.755. The Morgan fingerprint density at radius 3 is 2.24 bits per heavy atom. The van der Waals surface area contributed by atoms with Crippen LogP contribution in [0.15, 0.2) is 0 Å². The Balaban J connectivity index is 4.00. The van der Waals surface area contributed by atoms with Gasteiger partial charge in [-0.1, -0.05) is 13.8 Å². The summed E-state index contributed by atoms with van der Waals surface area (Å²) in [5, 5.41) is 6.26. The van der Waals surface area contributed by atoms with Crippen molar-refractivity contribution in [2.45, 2.75) is 72.1 Å². The van der Waals surface area contributed by atoms with Crippen LogP contribution in [0.3, 0.4) is 0 Å². The predicted octanol–water partition coefficient (Wildman–Crippen LogP) is 2.68. The highest BCUT2D eigenvalue weighted by Crippen LogP contribution is 2.07. The molecule has 2 atom stereocenters. The van der Waals surface area contributed by atoms with Crippen molar-refractivity contribution in [3.05, 3.63) is 0 Å². The van der Waals surface area contributed by atoms with Crippen molar-refractivity contribution >= 4 is 6.09 Å². The van der Waals surface area contributed by atoms with Crippen LogP contribution >= 0.6 is 0 Å². The smallest absolute Gasteiger partial charge is 0.407 e. The molecule has 0 fully saturated rings. The Kier molecular flexibility index (Phi) is 7.19. The fourth-order valence-electron chi connectivity index (χ4n) is 1.26. The molecule has 0 aliphatic rings. The van der Waals surface area contributed by atoms with Crippen molar-refractivity contribution in [1.29, 1.82) is 0 Å². The molecule has 4 heteroatoms. The van der Waals surface area contributed by atoms with E-state index in [1.165, 1.54) is 0 Å². The third kappa shape index (κ3) is 8.98. The number of amides is 1. The van der Waals surface area contributed by atoms with E-state index in [2.05, 4.69) is 31.4 Å². The van der Waals surface area contributed by atoms with Gasteiger partial charge in [0, 0.05) is 18.6 Å². The number of hydrogen-bond donors (Lipinski definition) is 2. The average Bonchev–Trinajstić information content (AvgIpc) is 2.20. The van der Waals surface area contributed by atoms with Gasteiger partial charge in [-0.3, -0.25) is 0 Å². The first-order valence-electron chi connectivity index (χ1n) is 6.51. The molecule has 0 aromatic carbocycles. The van der Waals surface area contributed by atoms with E-state index >= 15 is 0 Å². The largest absolute Gasteiger partial charge is 0.444 e. The number of nitrogens with one attached hydrogen (secondary N) is 2. The molecular weight excluding hydrogens is 216 g/mol. The van der Waals surface area contributed by atoms with Gasteiger partial charge in [0.05, 0.1) is 0 Å². The topological polar surface area (TPSA) is 50.4 Å². The van der Waals surface area contributed by atoms with Crippen LogP contribution < -0.4 is 10.6 Å². The van der Waals surface area contributed by atoms with Crippen molar-refractivity contribution in [3.8, 4) is 0 Å². The molecule has 17 heavy (non-hydrogen) atoms. The van der Waals surface area contributed by atoms with Gasteiger partial charge in [0.1, 0.15) is 5.60 Å². The molecule has 0 rings (SSSR count). The van der Waals surface area contributed by atoms with Gasteiger partial charge in [-0.2, -0.15) is 0 Å². The third-order valence-electron chi connectivity index (χ3n) is 2.54. The molecule has 0 aromatic heterocycles. The second kappa shape index (κ2) is 7.54. The molecule has 1 amide bonds. The van der Waals surface area contributed by atoms with Crippen LogP contribution in [-0.2, 0) is 4.74 Å². The van der Waals surface area contributed by atoms with E-state index < -0.39 is 5.60 Å². The van der Waals surface area contributed by atoms with Gasteiger partial charge in [-0.25, -0.2) is 4.79 Å². The zero-order chi connectivity index (χ0) is 13.5. The van der Waals surface area contributed by atoms with Gasteiger partial charge >= 0.3 is 6.09 Å². The van der Waals surface area contributed by atoms with Crippen molar-refractivity contribution < 1.29 is 9.53 Å². The first kappa shape index (κ1) is 16.2. The Hall–Kier alpha value is -0.770.